The van der Waals surface area contributed by atoms with Crippen LogP contribution in [0.4, 0.5) is 13.2 Å². The standard InChI is InChI=1S/C14H10BrF3N4O/c1-7-5-8(2)10(6-9(7)15)23-12-4-3-11-19-20-13(14(16,17)18)22(11)21-12/h3-6H,1-2H3. The molecule has 0 N–H and O–H groups in total. The second kappa shape index (κ2) is 5.48. The SMILES string of the molecule is Cc1cc(C)c(Oc2ccc3nnc(C(F)(F)F)n3n2)cc1Br. The predicted octanol–water partition coefficient (Wildman–Crippen LogP) is 4.31. The van der Waals surface area contributed by atoms with Crippen LogP contribution in [0.1, 0.15) is 17.0 Å². The molecule has 120 valence electrons. The normalized spacial score (nSPS) is 11.9. The van der Waals surface area contributed by atoms with E-state index in [4.69, 9.17) is 4.74 Å². The fraction of sp³-hybridized carbons (Fsp3) is 0.214. The Balaban J connectivity index is 2.03. The summed E-state index contributed by atoms with van der Waals surface area (Å²) < 4.78 is 45.6. The third-order valence-electron chi connectivity index (χ3n) is 3.16. The smallest absolute Gasteiger partial charge is 0.437 e. The molecule has 2 aromatic heterocycles. The summed E-state index contributed by atoms with van der Waals surface area (Å²) in [6, 6.07) is 6.45. The van der Waals surface area contributed by atoms with Crippen LogP contribution in [-0.2, 0) is 6.18 Å². The molecule has 0 aliphatic carbocycles. The van der Waals surface area contributed by atoms with E-state index in [0.29, 0.717) is 10.3 Å². The second-order valence-corrected chi connectivity index (χ2v) is 5.79. The van der Waals surface area contributed by atoms with Crippen LogP contribution in [0, 0.1) is 13.8 Å². The third kappa shape index (κ3) is 3.00. The van der Waals surface area contributed by atoms with Gasteiger partial charge in [-0.25, -0.2) is 0 Å². The van der Waals surface area contributed by atoms with Gasteiger partial charge in [-0.2, -0.15) is 17.7 Å². The molecule has 0 fully saturated rings. The minimum absolute atomic E-state index is 0.00789. The van der Waals surface area contributed by atoms with E-state index in [9.17, 15) is 13.2 Å². The van der Waals surface area contributed by atoms with E-state index in [1.165, 1.54) is 12.1 Å². The number of hydrogen-bond acceptors (Lipinski definition) is 4. The van der Waals surface area contributed by atoms with E-state index in [1.807, 2.05) is 19.9 Å². The third-order valence-corrected chi connectivity index (χ3v) is 4.02. The van der Waals surface area contributed by atoms with Crippen LogP contribution < -0.4 is 4.74 Å². The highest BCUT2D eigenvalue weighted by atomic mass is 79.9. The van der Waals surface area contributed by atoms with Gasteiger partial charge in [0.05, 0.1) is 0 Å². The first-order chi connectivity index (χ1) is 10.8. The first kappa shape index (κ1) is 15.7. The Labute approximate surface area is 137 Å². The average molecular weight is 387 g/mol. The molecule has 2 heterocycles. The Hall–Kier alpha value is -2.16. The van der Waals surface area contributed by atoms with Crippen LogP contribution in [-0.4, -0.2) is 19.8 Å². The number of rotatable bonds is 2. The number of benzene rings is 1. The minimum atomic E-state index is -4.64. The number of nitrogens with zero attached hydrogens (tertiary/aromatic N) is 4. The van der Waals surface area contributed by atoms with Gasteiger partial charge in [-0.1, -0.05) is 22.0 Å². The molecule has 0 radical (unpaired) electrons. The molecule has 0 aliphatic heterocycles. The van der Waals surface area contributed by atoms with Crippen LogP contribution in [0.5, 0.6) is 11.6 Å². The second-order valence-electron chi connectivity index (χ2n) is 4.93. The summed E-state index contributed by atoms with van der Waals surface area (Å²) in [5, 5.41) is 10.4. The highest BCUT2D eigenvalue weighted by molar-refractivity contribution is 9.10. The largest absolute Gasteiger partial charge is 0.453 e. The number of aryl methyl sites for hydroxylation is 2. The van der Waals surface area contributed by atoms with E-state index in [0.717, 1.165) is 15.6 Å². The Morgan fingerprint density at radius 1 is 1.09 bits per heavy atom. The number of halogens is 4. The molecule has 5 nitrogen and oxygen atoms in total. The van der Waals surface area contributed by atoms with Gasteiger partial charge in [-0.3, -0.25) is 0 Å². The van der Waals surface area contributed by atoms with Gasteiger partial charge in [-0.15, -0.1) is 15.3 Å². The molecule has 0 spiro atoms. The van der Waals surface area contributed by atoms with E-state index in [-0.39, 0.29) is 11.5 Å². The van der Waals surface area contributed by atoms with Crippen molar-refractivity contribution in [3.05, 3.63) is 45.7 Å². The zero-order chi connectivity index (χ0) is 16.8. The lowest BCUT2D eigenvalue weighted by Crippen LogP contribution is -2.12. The van der Waals surface area contributed by atoms with Crippen LogP contribution >= 0.6 is 15.9 Å². The van der Waals surface area contributed by atoms with Crippen molar-refractivity contribution in [1.29, 1.82) is 0 Å². The summed E-state index contributed by atoms with van der Waals surface area (Å²) in [6.07, 6.45) is -4.64. The molecule has 3 aromatic rings. The van der Waals surface area contributed by atoms with Crippen molar-refractivity contribution in [3.63, 3.8) is 0 Å². The lowest BCUT2D eigenvalue weighted by molar-refractivity contribution is -0.146. The average Bonchev–Trinajstić information content (AvgIpc) is 2.88. The summed E-state index contributed by atoms with van der Waals surface area (Å²) in [4.78, 5) is 0. The summed E-state index contributed by atoms with van der Waals surface area (Å²) in [5.41, 5.74) is 1.86. The van der Waals surface area contributed by atoms with Crippen molar-refractivity contribution in [3.8, 4) is 11.6 Å². The minimum Gasteiger partial charge on any atom is -0.437 e. The molecule has 0 saturated carbocycles. The maximum Gasteiger partial charge on any atom is 0.453 e. The Bertz CT molecular complexity index is 892. The summed E-state index contributed by atoms with van der Waals surface area (Å²) in [7, 11) is 0. The summed E-state index contributed by atoms with van der Waals surface area (Å²) in [5.74, 6) is -0.683. The Morgan fingerprint density at radius 2 is 1.83 bits per heavy atom. The number of hydrogen-bond donors (Lipinski definition) is 0. The monoisotopic (exact) mass is 386 g/mol. The molecule has 3 rings (SSSR count). The van der Waals surface area contributed by atoms with E-state index in [1.54, 1.807) is 6.07 Å². The number of aromatic nitrogens is 4. The zero-order valence-electron chi connectivity index (χ0n) is 12.0. The quantitative estimate of drug-likeness (QED) is 0.658. The van der Waals surface area contributed by atoms with Gasteiger partial charge >= 0.3 is 6.18 Å². The van der Waals surface area contributed by atoms with Gasteiger partial charge in [0.2, 0.25) is 5.88 Å². The van der Waals surface area contributed by atoms with Crippen molar-refractivity contribution in [2.45, 2.75) is 20.0 Å². The van der Waals surface area contributed by atoms with E-state index in [2.05, 4.69) is 31.2 Å². The lowest BCUT2D eigenvalue weighted by atomic mass is 10.1. The highest BCUT2D eigenvalue weighted by Crippen LogP contribution is 2.31. The molecule has 0 saturated heterocycles. The fourth-order valence-corrected chi connectivity index (χ4v) is 2.36. The van der Waals surface area contributed by atoms with E-state index >= 15 is 0 Å². The van der Waals surface area contributed by atoms with Crippen LogP contribution in [0.15, 0.2) is 28.7 Å². The number of fused-ring (bicyclic) bond motifs is 1. The molecular weight excluding hydrogens is 377 g/mol. The van der Waals surface area contributed by atoms with Crippen molar-refractivity contribution in [2.75, 3.05) is 0 Å². The van der Waals surface area contributed by atoms with Crippen molar-refractivity contribution in [1.82, 2.24) is 19.8 Å². The number of ether oxygens (including phenoxy) is 1. The molecule has 1 aromatic carbocycles. The molecule has 0 bridgehead atoms. The maximum absolute atomic E-state index is 12.9. The topological polar surface area (TPSA) is 52.3 Å². The molecule has 0 aliphatic rings. The molecule has 23 heavy (non-hydrogen) atoms. The first-order valence-corrected chi connectivity index (χ1v) is 7.29. The van der Waals surface area contributed by atoms with E-state index < -0.39 is 12.0 Å². The Kier molecular flexibility index (Phi) is 3.75. The van der Waals surface area contributed by atoms with Crippen molar-refractivity contribution in [2.24, 2.45) is 0 Å². The van der Waals surface area contributed by atoms with Gasteiger partial charge < -0.3 is 4.74 Å². The van der Waals surface area contributed by atoms with Crippen LogP contribution in [0.25, 0.3) is 5.65 Å². The van der Waals surface area contributed by atoms with Gasteiger partial charge in [0.1, 0.15) is 5.75 Å². The Morgan fingerprint density at radius 3 is 2.52 bits per heavy atom. The van der Waals surface area contributed by atoms with Gasteiger partial charge in [-0.05, 0) is 37.1 Å². The zero-order valence-corrected chi connectivity index (χ0v) is 13.6. The fourth-order valence-electron chi connectivity index (χ4n) is 2.03. The predicted molar refractivity (Wildman–Crippen MR) is 79.5 cm³/mol. The summed E-state index contributed by atoms with van der Waals surface area (Å²) in [6.45, 7) is 3.77. The molecule has 0 amide bonds. The number of alkyl halides is 3. The van der Waals surface area contributed by atoms with Crippen LogP contribution in [0.2, 0.25) is 0 Å². The molecule has 0 atom stereocenters. The highest BCUT2D eigenvalue weighted by Gasteiger charge is 2.37. The molecule has 9 heteroatoms. The van der Waals surface area contributed by atoms with Crippen LogP contribution in [0.3, 0.4) is 0 Å². The van der Waals surface area contributed by atoms with Gasteiger partial charge in [0, 0.05) is 10.5 Å². The van der Waals surface area contributed by atoms with Gasteiger partial charge in [0.15, 0.2) is 5.65 Å². The summed E-state index contributed by atoms with van der Waals surface area (Å²) >= 11 is 3.39. The van der Waals surface area contributed by atoms with Crippen molar-refractivity contribution < 1.29 is 17.9 Å². The maximum atomic E-state index is 12.9. The first-order valence-electron chi connectivity index (χ1n) is 6.50. The molecule has 0 unspecified atom stereocenters. The lowest BCUT2D eigenvalue weighted by Gasteiger charge is -2.10. The van der Waals surface area contributed by atoms with Crippen molar-refractivity contribution >= 4 is 21.6 Å². The molecular formula is C14H10BrF3N4O. The van der Waals surface area contributed by atoms with Gasteiger partial charge in [0.25, 0.3) is 5.82 Å².